The molecule has 0 amide bonds. The Labute approximate surface area is 97.4 Å². The normalized spacial score (nSPS) is 10.6. The summed E-state index contributed by atoms with van der Waals surface area (Å²) in [5.41, 5.74) is 6.56. The Hall–Kier alpha value is -2.56. The van der Waals surface area contributed by atoms with E-state index in [1.54, 1.807) is 30.9 Å². The molecule has 17 heavy (non-hydrogen) atoms. The van der Waals surface area contributed by atoms with Crippen LogP contribution < -0.4 is 5.73 Å². The molecule has 3 aromatic heterocycles. The summed E-state index contributed by atoms with van der Waals surface area (Å²) in [4.78, 5) is 16.6. The highest BCUT2D eigenvalue weighted by atomic mass is 14.9. The zero-order valence-electron chi connectivity index (χ0n) is 8.91. The maximum absolute atomic E-state index is 5.89. The standard InChI is InChI=1S/C12H9N5/c13-11-9-7-14-5-2-8(9)6-10(17-11)12-15-3-1-4-16-12/h1-7H,(H2,13,17). The molecule has 0 atom stereocenters. The highest BCUT2D eigenvalue weighted by molar-refractivity contribution is 5.92. The molecule has 3 aromatic rings. The fraction of sp³-hybridized carbons (Fsp3) is 0. The second kappa shape index (κ2) is 3.79. The molecule has 5 nitrogen and oxygen atoms in total. The quantitative estimate of drug-likeness (QED) is 0.679. The number of nitrogen functional groups attached to an aromatic ring is 1. The van der Waals surface area contributed by atoms with E-state index in [0.717, 1.165) is 10.8 Å². The van der Waals surface area contributed by atoms with Gasteiger partial charge in [-0.1, -0.05) is 0 Å². The lowest BCUT2D eigenvalue weighted by Gasteiger charge is -2.04. The highest BCUT2D eigenvalue weighted by Gasteiger charge is 2.06. The van der Waals surface area contributed by atoms with Crippen LogP contribution >= 0.6 is 0 Å². The Kier molecular flexibility index (Phi) is 2.15. The first-order chi connectivity index (χ1) is 8.34. The minimum atomic E-state index is 0.443. The zero-order chi connectivity index (χ0) is 11.7. The number of nitrogens with two attached hydrogens (primary N) is 1. The molecule has 82 valence electrons. The molecule has 3 rings (SSSR count). The predicted molar refractivity (Wildman–Crippen MR) is 65.0 cm³/mol. The van der Waals surface area contributed by atoms with Crippen LogP contribution in [-0.2, 0) is 0 Å². The van der Waals surface area contributed by atoms with E-state index < -0.39 is 0 Å². The van der Waals surface area contributed by atoms with Crippen molar-refractivity contribution in [1.82, 2.24) is 19.9 Å². The predicted octanol–water partition coefficient (Wildman–Crippen LogP) is 1.67. The number of fused-ring (bicyclic) bond motifs is 1. The van der Waals surface area contributed by atoms with Crippen molar-refractivity contribution in [1.29, 1.82) is 0 Å². The molecule has 3 heterocycles. The van der Waals surface area contributed by atoms with E-state index in [9.17, 15) is 0 Å². The summed E-state index contributed by atoms with van der Waals surface area (Å²) in [6, 6.07) is 5.56. The molecule has 5 heteroatoms. The molecule has 0 bridgehead atoms. The molecule has 0 saturated carbocycles. The molecule has 0 radical (unpaired) electrons. The summed E-state index contributed by atoms with van der Waals surface area (Å²) in [5, 5.41) is 1.82. The maximum Gasteiger partial charge on any atom is 0.178 e. The Morgan fingerprint density at radius 1 is 1.06 bits per heavy atom. The highest BCUT2D eigenvalue weighted by Crippen LogP contribution is 2.22. The van der Waals surface area contributed by atoms with E-state index in [2.05, 4.69) is 19.9 Å². The molecule has 0 fully saturated rings. The first-order valence-corrected chi connectivity index (χ1v) is 5.12. The number of hydrogen-bond donors (Lipinski definition) is 1. The van der Waals surface area contributed by atoms with Crippen LogP contribution in [0.2, 0.25) is 0 Å². The van der Waals surface area contributed by atoms with Crippen LogP contribution in [0.5, 0.6) is 0 Å². The van der Waals surface area contributed by atoms with Gasteiger partial charge in [-0.25, -0.2) is 15.0 Å². The van der Waals surface area contributed by atoms with Gasteiger partial charge in [0, 0.05) is 30.2 Å². The van der Waals surface area contributed by atoms with Gasteiger partial charge in [-0.15, -0.1) is 0 Å². The third-order valence-corrected chi connectivity index (χ3v) is 2.46. The van der Waals surface area contributed by atoms with Crippen LogP contribution in [0.25, 0.3) is 22.3 Å². The number of pyridine rings is 2. The Morgan fingerprint density at radius 2 is 1.88 bits per heavy atom. The summed E-state index contributed by atoms with van der Waals surface area (Å²) in [5.74, 6) is 1.01. The van der Waals surface area contributed by atoms with E-state index in [4.69, 9.17) is 5.73 Å². The van der Waals surface area contributed by atoms with Crippen molar-refractivity contribution in [3.63, 3.8) is 0 Å². The number of anilines is 1. The van der Waals surface area contributed by atoms with E-state index in [1.165, 1.54) is 0 Å². The molecule has 0 aliphatic heterocycles. The van der Waals surface area contributed by atoms with Gasteiger partial charge in [-0.3, -0.25) is 4.98 Å². The molecule has 0 aromatic carbocycles. The average molecular weight is 223 g/mol. The largest absolute Gasteiger partial charge is 0.383 e. The zero-order valence-corrected chi connectivity index (χ0v) is 8.91. The minimum absolute atomic E-state index is 0.443. The second-order valence-corrected chi connectivity index (χ2v) is 3.56. The van der Waals surface area contributed by atoms with Crippen LogP contribution in [0.3, 0.4) is 0 Å². The molecule has 0 aliphatic carbocycles. The lowest BCUT2D eigenvalue weighted by Crippen LogP contribution is -1.97. The summed E-state index contributed by atoms with van der Waals surface area (Å²) in [7, 11) is 0. The number of nitrogens with zero attached hydrogens (tertiary/aromatic N) is 4. The van der Waals surface area contributed by atoms with Crippen LogP contribution in [0.1, 0.15) is 0 Å². The van der Waals surface area contributed by atoms with Gasteiger partial charge in [-0.05, 0) is 23.6 Å². The number of hydrogen-bond acceptors (Lipinski definition) is 5. The fourth-order valence-corrected chi connectivity index (χ4v) is 1.66. The van der Waals surface area contributed by atoms with Crippen LogP contribution in [0.15, 0.2) is 43.0 Å². The first kappa shape index (κ1) is 9.65. The van der Waals surface area contributed by atoms with Gasteiger partial charge in [0.05, 0.1) is 0 Å². The van der Waals surface area contributed by atoms with Gasteiger partial charge in [0.25, 0.3) is 0 Å². The Balaban J connectivity index is 2.26. The SMILES string of the molecule is Nc1nc(-c2ncccn2)cc2ccncc12. The van der Waals surface area contributed by atoms with Gasteiger partial charge in [-0.2, -0.15) is 0 Å². The third kappa shape index (κ3) is 1.67. The molecule has 0 aliphatic rings. The topological polar surface area (TPSA) is 77.6 Å². The first-order valence-electron chi connectivity index (χ1n) is 5.12. The Bertz CT molecular complexity index is 666. The molecular weight excluding hydrogens is 214 g/mol. The van der Waals surface area contributed by atoms with Gasteiger partial charge >= 0.3 is 0 Å². The fourth-order valence-electron chi connectivity index (χ4n) is 1.66. The maximum atomic E-state index is 5.89. The van der Waals surface area contributed by atoms with Crippen molar-refractivity contribution >= 4 is 16.6 Å². The summed E-state index contributed by atoms with van der Waals surface area (Å²) < 4.78 is 0. The third-order valence-electron chi connectivity index (χ3n) is 2.46. The van der Waals surface area contributed by atoms with Crippen LogP contribution in [-0.4, -0.2) is 19.9 Å². The van der Waals surface area contributed by atoms with Gasteiger partial charge in [0.2, 0.25) is 0 Å². The van der Waals surface area contributed by atoms with Gasteiger partial charge in [0.15, 0.2) is 5.82 Å². The van der Waals surface area contributed by atoms with Crippen LogP contribution in [0, 0.1) is 0 Å². The summed E-state index contributed by atoms with van der Waals surface area (Å²) >= 11 is 0. The average Bonchev–Trinajstić information content (AvgIpc) is 2.40. The lowest BCUT2D eigenvalue weighted by molar-refractivity contribution is 1.15. The molecule has 0 saturated heterocycles. The van der Waals surface area contributed by atoms with E-state index >= 15 is 0 Å². The molecule has 0 spiro atoms. The van der Waals surface area contributed by atoms with E-state index in [1.807, 2.05) is 12.1 Å². The van der Waals surface area contributed by atoms with Crippen molar-refractivity contribution in [2.24, 2.45) is 0 Å². The minimum Gasteiger partial charge on any atom is -0.383 e. The van der Waals surface area contributed by atoms with Gasteiger partial charge < -0.3 is 5.73 Å². The summed E-state index contributed by atoms with van der Waals surface area (Å²) in [6.45, 7) is 0. The smallest absolute Gasteiger partial charge is 0.178 e. The number of aromatic nitrogens is 4. The van der Waals surface area contributed by atoms with Crippen molar-refractivity contribution in [3.8, 4) is 11.5 Å². The van der Waals surface area contributed by atoms with Gasteiger partial charge in [0.1, 0.15) is 11.5 Å². The van der Waals surface area contributed by atoms with Crippen molar-refractivity contribution in [2.75, 3.05) is 5.73 Å². The Morgan fingerprint density at radius 3 is 2.71 bits per heavy atom. The molecule has 2 N–H and O–H groups in total. The van der Waals surface area contributed by atoms with Crippen molar-refractivity contribution < 1.29 is 0 Å². The summed E-state index contributed by atoms with van der Waals surface area (Å²) in [6.07, 6.45) is 6.78. The monoisotopic (exact) mass is 223 g/mol. The number of rotatable bonds is 1. The molecular formula is C12H9N5. The van der Waals surface area contributed by atoms with Crippen LogP contribution in [0.4, 0.5) is 5.82 Å². The molecule has 0 unspecified atom stereocenters. The van der Waals surface area contributed by atoms with E-state index in [0.29, 0.717) is 17.3 Å². The van der Waals surface area contributed by atoms with Crippen molar-refractivity contribution in [3.05, 3.63) is 43.0 Å². The van der Waals surface area contributed by atoms with E-state index in [-0.39, 0.29) is 0 Å². The lowest BCUT2D eigenvalue weighted by atomic mass is 10.2. The van der Waals surface area contributed by atoms with Crippen molar-refractivity contribution in [2.45, 2.75) is 0 Å². The second-order valence-electron chi connectivity index (χ2n) is 3.56.